The fourth-order valence-electron chi connectivity index (χ4n) is 1.44. The average Bonchev–Trinajstić information content (AvgIpc) is 2.79. The van der Waals surface area contributed by atoms with Crippen LogP contribution in [-0.2, 0) is 4.79 Å². The monoisotopic (exact) mass is 315 g/mol. The zero-order chi connectivity index (χ0) is 12.4. The molecule has 0 spiro atoms. The van der Waals surface area contributed by atoms with Gasteiger partial charge in [0.1, 0.15) is 10.8 Å². The van der Waals surface area contributed by atoms with Gasteiger partial charge >= 0.3 is 5.97 Å². The summed E-state index contributed by atoms with van der Waals surface area (Å²) in [7, 11) is 1.59. The molecule has 1 aromatic rings. The molecule has 1 aliphatic heterocycles. The van der Waals surface area contributed by atoms with E-state index in [1.165, 1.54) is 11.8 Å². The molecule has 0 bridgehead atoms. The van der Waals surface area contributed by atoms with Crippen LogP contribution in [0.2, 0.25) is 0 Å². The van der Waals surface area contributed by atoms with E-state index in [1.54, 1.807) is 7.11 Å². The van der Waals surface area contributed by atoms with Crippen LogP contribution < -0.4 is 4.74 Å². The third-order valence-electron chi connectivity index (χ3n) is 2.34. The highest BCUT2D eigenvalue weighted by atomic mass is 79.9. The van der Waals surface area contributed by atoms with E-state index in [-0.39, 0.29) is 0 Å². The van der Waals surface area contributed by atoms with Gasteiger partial charge in [-0.15, -0.1) is 11.8 Å². The Kier molecular flexibility index (Phi) is 3.73. The number of carboxylic acid groups (broad SMARTS) is 1. The van der Waals surface area contributed by atoms with Crippen LogP contribution in [0, 0.1) is 0 Å². The Hall–Kier alpha value is -1.01. The molecule has 4 nitrogen and oxygen atoms in total. The Morgan fingerprint density at radius 3 is 3.00 bits per heavy atom. The number of hydrogen-bond acceptors (Lipinski definition) is 4. The molecule has 90 valence electrons. The van der Waals surface area contributed by atoms with E-state index < -0.39 is 12.0 Å². The number of halogens is 1. The molecule has 0 saturated carbocycles. The number of nitrogens with zero attached hydrogens (tertiary/aromatic N) is 1. The van der Waals surface area contributed by atoms with Gasteiger partial charge in [0.05, 0.1) is 7.11 Å². The minimum Gasteiger partial charge on any atom is -0.497 e. The fourth-order valence-corrected chi connectivity index (χ4v) is 3.07. The number of aliphatic carboxylic acids is 1. The maximum absolute atomic E-state index is 10.8. The van der Waals surface area contributed by atoms with Gasteiger partial charge in [0.15, 0.2) is 6.04 Å². The molecule has 0 amide bonds. The number of aliphatic imine (C=N–C) groups is 1. The third-order valence-corrected chi connectivity index (χ3v) is 4.11. The van der Waals surface area contributed by atoms with Crippen LogP contribution in [0.25, 0.3) is 0 Å². The van der Waals surface area contributed by atoms with Crippen LogP contribution in [0.5, 0.6) is 5.75 Å². The van der Waals surface area contributed by atoms with Crippen molar-refractivity contribution in [3.63, 3.8) is 0 Å². The molecule has 1 N–H and O–H groups in total. The normalized spacial score (nSPS) is 18.9. The number of thioether (sulfide) groups is 1. The van der Waals surface area contributed by atoms with E-state index in [9.17, 15) is 4.79 Å². The molecule has 0 aliphatic carbocycles. The summed E-state index contributed by atoms with van der Waals surface area (Å²) in [4.78, 5) is 15.0. The van der Waals surface area contributed by atoms with Gasteiger partial charge in [-0.2, -0.15) is 0 Å². The van der Waals surface area contributed by atoms with E-state index in [1.807, 2.05) is 18.2 Å². The minimum absolute atomic E-state index is 0.480. The Morgan fingerprint density at radius 1 is 1.65 bits per heavy atom. The highest BCUT2D eigenvalue weighted by molar-refractivity contribution is 9.10. The molecule has 0 saturated heterocycles. The number of ether oxygens (including phenoxy) is 1. The maximum Gasteiger partial charge on any atom is 0.329 e. The SMILES string of the molecule is COc1ccc(Br)c(C2=NC(C(=O)O)CS2)c1. The lowest BCUT2D eigenvalue weighted by molar-refractivity contribution is -0.137. The highest BCUT2D eigenvalue weighted by Gasteiger charge is 2.26. The van der Waals surface area contributed by atoms with Crippen LogP contribution in [0.15, 0.2) is 27.7 Å². The molecule has 2 rings (SSSR count). The second-order valence-electron chi connectivity index (χ2n) is 3.45. The molecular weight excluding hydrogens is 306 g/mol. The molecule has 1 aliphatic rings. The summed E-state index contributed by atoms with van der Waals surface area (Å²) < 4.78 is 6.03. The number of carboxylic acids is 1. The van der Waals surface area contributed by atoms with Gasteiger partial charge in [-0.1, -0.05) is 15.9 Å². The van der Waals surface area contributed by atoms with Crippen molar-refractivity contribution in [3.05, 3.63) is 28.2 Å². The summed E-state index contributed by atoms with van der Waals surface area (Å²) in [6.45, 7) is 0. The van der Waals surface area contributed by atoms with Crippen molar-refractivity contribution in [1.82, 2.24) is 0 Å². The zero-order valence-corrected chi connectivity index (χ0v) is 11.4. The number of rotatable bonds is 3. The molecule has 1 heterocycles. The first-order chi connectivity index (χ1) is 8.11. The second kappa shape index (κ2) is 5.10. The maximum atomic E-state index is 10.8. The smallest absolute Gasteiger partial charge is 0.329 e. The van der Waals surface area contributed by atoms with Crippen LogP contribution in [-0.4, -0.2) is 35.0 Å². The van der Waals surface area contributed by atoms with Crippen molar-refractivity contribution in [2.75, 3.05) is 12.9 Å². The Labute approximate surface area is 111 Å². The predicted molar refractivity (Wildman–Crippen MR) is 71.1 cm³/mol. The number of carbonyl (C=O) groups is 1. The molecule has 0 radical (unpaired) electrons. The number of hydrogen-bond donors (Lipinski definition) is 1. The van der Waals surface area contributed by atoms with Gasteiger partial charge < -0.3 is 9.84 Å². The summed E-state index contributed by atoms with van der Waals surface area (Å²) in [6.07, 6.45) is 0. The molecular formula is C11H10BrNO3S. The number of benzene rings is 1. The summed E-state index contributed by atoms with van der Waals surface area (Å²) in [5.74, 6) is 0.325. The second-order valence-corrected chi connectivity index (χ2v) is 5.31. The van der Waals surface area contributed by atoms with Gasteiger partial charge in [-0.05, 0) is 18.2 Å². The summed E-state index contributed by atoms with van der Waals surface area (Å²) in [6, 6.07) is 4.90. The summed E-state index contributed by atoms with van der Waals surface area (Å²) in [5.41, 5.74) is 0.873. The lowest BCUT2D eigenvalue weighted by Crippen LogP contribution is -2.17. The van der Waals surface area contributed by atoms with Crippen molar-refractivity contribution in [1.29, 1.82) is 0 Å². The van der Waals surface area contributed by atoms with Crippen molar-refractivity contribution in [2.45, 2.75) is 6.04 Å². The first-order valence-electron chi connectivity index (χ1n) is 4.89. The molecule has 0 aromatic heterocycles. The Morgan fingerprint density at radius 2 is 2.41 bits per heavy atom. The first-order valence-corrected chi connectivity index (χ1v) is 6.67. The van der Waals surface area contributed by atoms with Crippen molar-refractivity contribution in [2.24, 2.45) is 4.99 Å². The van der Waals surface area contributed by atoms with Gasteiger partial charge in [-0.3, -0.25) is 4.99 Å². The van der Waals surface area contributed by atoms with E-state index >= 15 is 0 Å². The van der Waals surface area contributed by atoms with E-state index in [4.69, 9.17) is 9.84 Å². The van der Waals surface area contributed by atoms with E-state index in [0.717, 1.165) is 20.8 Å². The van der Waals surface area contributed by atoms with E-state index in [0.29, 0.717) is 5.75 Å². The summed E-state index contributed by atoms with van der Waals surface area (Å²) >= 11 is 4.88. The van der Waals surface area contributed by atoms with Gasteiger partial charge in [-0.25, -0.2) is 4.79 Å². The number of methoxy groups -OCH3 is 1. The molecule has 6 heteroatoms. The van der Waals surface area contributed by atoms with Crippen LogP contribution in [0.4, 0.5) is 0 Å². The average molecular weight is 316 g/mol. The first kappa shape index (κ1) is 12.4. The standard InChI is InChI=1S/C11H10BrNO3S/c1-16-6-2-3-8(12)7(4-6)10-13-9(5-17-10)11(14)15/h2-4,9H,5H2,1H3,(H,14,15). The lowest BCUT2D eigenvalue weighted by Gasteiger charge is -2.06. The van der Waals surface area contributed by atoms with Crippen molar-refractivity contribution < 1.29 is 14.6 Å². The zero-order valence-electron chi connectivity index (χ0n) is 9.01. The van der Waals surface area contributed by atoms with Crippen LogP contribution in [0.3, 0.4) is 0 Å². The summed E-state index contributed by atoms with van der Waals surface area (Å²) in [5, 5.41) is 9.63. The topological polar surface area (TPSA) is 58.9 Å². The molecule has 1 aromatic carbocycles. The van der Waals surface area contributed by atoms with E-state index in [2.05, 4.69) is 20.9 Å². The fraction of sp³-hybridized carbons (Fsp3) is 0.273. The molecule has 1 atom stereocenters. The highest BCUT2D eigenvalue weighted by Crippen LogP contribution is 2.30. The minimum atomic E-state index is -0.883. The Bertz CT molecular complexity index is 490. The van der Waals surface area contributed by atoms with Gasteiger partial charge in [0.2, 0.25) is 0 Å². The van der Waals surface area contributed by atoms with Gasteiger partial charge in [0, 0.05) is 15.8 Å². The molecule has 0 fully saturated rings. The molecule has 17 heavy (non-hydrogen) atoms. The lowest BCUT2D eigenvalue weighted by atomic mass is 10.2. The molecule has 1 unspecified atom stereocenters. The quantitative estimate of drug-likeness (QED) is 0.930. The van der Waals surface area contributed by atoms with Crippen molar-refractivity contribution >= 4 is 38.7 Å². The third kappa shape index (κ3) is 2.63. The van der Waals surface area contributed by atoms with Crippen LogP contribution in [0.1, 0.15) is 5.56 Å². The van der Waals surface area contributed by atoms with Crippen LogP contribution >= 0.6 is 27.7 Å². The Balaban J connectivity index is 2.34. The van der Waals surface area contributed by atoms with Gasteiger partial charge in [0.25, 0.3) is 0 Å². The van der Waals surface area contributed by atoms with Crippen molar-refractivity contribution in [3.8, 4) is 5.75 Å². The predicted octanol–water partition coefficient (Wildman–Crippen LogP) is 2.40. The largest absolute Gasteiger partial charge is 0.497 e.